The molecule has 0 saturated carbocycles. The number of carbonyl (C=O) groups excluding carboxylic acids is 3. The van der Waals surface area contributed by atoms with Crippen LogP contribution in [0.2, 0.25) is 0 Å². The van der Waals surface area contributed by atoms with Crippen molar-refractivity contribution in [3.8, 4) is 0 Å². The van der Waals surface area contributed by atoms with Gasteiger partial charge in [0.15, 0.2) is 0 Å². The van der Waals surface area contributed by atoms with Crippen LogP contribution < -0.4 is 0 Å². The fourth-order valence-corrected chi connectivity index (χ4v) is 3.50. The molecule has 0 fully saturated rings. The second-order valence-electron chi connectivity index (χ2n) is 6.78. The maximum Gasteiger partial charge on any atom is 0.327 e. The summed E-state index contributed by atoms with van der Waals surface area (Å²) in [6.45, 7) is 3.42. The van der Waals surface area contributed by atoms with Gasteiger partial charge in [0, 0.05) is 6.20 Å². The van der Waals surface area contributed by atoms with Gasteiger partial charge < -0.3 is 10.0 Å². The molecule has 0 spiro atoms. The average molecular weight is 356 g/mol. The van der Waals surface area contributed by atoms with E-state index in [1.807, 2.05) is 0 Å². The van der Waals surface area contributed by atoms with Gasteiger partial charge in [-0.15, -0.1) is 0 Å². The number of hydrogen-bond acceptors (Lipinski definition) is 4. The van der Waals surface area contributed by atoms with E-state index in [1.54, 1.807) is 44.2 Å². The number of imide groups is 1. The summed E-state index contributed by atoms with van der Waals surface area (Å²) >= 11 is 0. The topological polar surface area (TPSA) is 95.0 Å². The molecule has 1 aromatic carbocycles. The summed E-state index contributed by atoms with van der Waals surface area (Å²) in [4.78, 5) is 52.3. The lowest BCUT2D eigenvalue weighted by molar-refractivity contribution is -0.151. The van der Waals surface area contributed by atoms with Crippen LogP contribution in [0.4, 0.5) is 0 Å². The highest BCUT2D eigenvalue weighted by Gasteiger charge is 2.45. The van der Waals surface area contributed by atoms with Gasteiger partial charge >= 0.3 is 5.97 Å². The average Bonchev–Trinajstić information content (AvgIpc) is 2.72. The van der Waals surface area contributed by atoms with Crippen molar-refractivity contribution in [1.29, 1.82) is 0 Å². The second kappa shape index (κ2) is 6.74. The molecule has 2 heterocycles. The summed E-state index contributed by atoms with van der Waals surface area (Å²) in [6, 6.07) is 4.36. The molecule has 3 amide bonds. The van der Waals surface area contributed by atoms with Gasteiger partial charge in [-0.1, -0.05) is 32.1 Å². The Morgan fingerprint density at radius 2 is 1.69 bits per heavy atom. The lowest BCUT2D eigenvalue weighted by Gasteiger charge is -2.32. The molecule has 0 saturated heterocycles. The van der Waals surface area contributed by atoms with Crippen LogP contribution >= 0.6 is 0 Å². The van der Waals surface area contributed by atoms with Gasteiger partial charge in [-0.2, -0.15) is 0 Å². The summed E-state index contributed by atoms with van der Waals surface area (Å²) in [5.41, 5.74) is 0.542. The third-order valence-electron chi connectivity index (χ3n) is 4.73. The van der Waals surface area contributed by atoms with Crippen LogP contribution in [0.5, 0.6) is 0 Å². The van der Waals surface area contributed by atoms with Gasteiger partial charge in [-0.3, -0.25) is 19.3 Å². The Morgan fingerprint density at radius 1 is 1.12 bits per heavy atom. The highest BCUT2D eigenvalue weighted by Crippen LogP contribution is 2.29. The molecule has 0 radical (unpaired) electrons. The molecule has 0 aromatic heterocycles. The number of allylic oxidation sites excluding steroid dienone is 1. The van der Waals surface area contributed by atoms with Crippen molar-refractivity contribution in [3.63, 3.8) is 0 Å². The van der Waals surface area contributed by atoms with Gasteiger partial charge in [-0.05, 0) is 30.9 Å². The maximum atomic E-state index is 13.1. The molecule has 1 aromatic rings. The minimum atomic E-state index is -1.12. The number of fused-ring (bicyclic) bond motifs is 1. The minimum absolute atomic E-state index is 0.266. The molecule has 0 aliphatic carbocycles. The van der Waals surface area contributed by atoms with Crippen molar-refractivity contribution < 1.29 is 24.3 Å². The Bertz CT molecular complexity index is 779. The number of carboxylic acid groups (broad SMARTS) is 1. The molecule has 26 heavy (non-hydrogen) atoms. The molecule has 136 valence electrons. The molecule has 2 atom stereocenters. The number of nitrogens with zero attached hydrogens (tertiary/aromatic N) is 2. The van der Waals surface area contributed by atoms with Gasteiger partial charge in [-0.25, -0.2) is 4.79 Å². The van der Waals surface area contributed by atoms with Crippen molar-refractivity contribution in [2.75, 3.05) is 0 Å². The first-order chi connectivity index (χ1) is 12.3. The van der Waals surface area contributed by atoms with Crippen molar-refractivity contribution in [1.82, 2.24) is 9.80 Å². The third-order valence-corrected chi connectivity index (χ3v) is 4.73. The van der Waals surface area contributed by atoms with Crippen LogP contribution in [0.1, 0.15) is 47.4 Å². The Morgan fingerprint density at radius 3 is 2.19 bits per heavy atom. The Labute approximate surface area is 150 Å². The SMILES string of the molecule is CC(C)[C@H](C(=O)O)N1C=CCC[C@H](N2C(=O)c3ccccc3C2=O)C1=O. The molecular weight excluding hydrogens is 336 g/mol. The Balaban J connectivity index is 1.96. The summed E-state index contributed by atoms with van der Waals surface area (Å²) in [5.74, 6) is -3.03. The normalized spacial score (nSPS) is 21.2. The highest BCUT2D eigenvalue weighted by atomic mass is 16.4. The molecule has 0 unspecified atom stereocenters. The molecule has 2 aliphatic heterocycles. The number of carboxylic acids is 1. The quantitative estimate of drug-likeness (QED) is 0.832. The first-order valence-corrected chi connectivity index (χ1v) is 8.53. The molecular formula is C19H20N2O5. The lowest BCUT2D eigenvalue weighted by atomic mass is 10.0. The van der Waals surface area contributed by atoms with E-state index >= 15 is 0 Å². The van der Waals surface area contributed by atoms with Crippen LogP contribution in [0.25, 0.3) is 0 Å². The Kier molecular flexibility index (Phi) is 4.63. The van der Waals surface area contributed by atoms with Crippen LogP contribution in [0, 0.1) is 5.92 Å². The molecule has 7 nitrogen and oxygen atoms in total. The first-order valence-electron chi connectivity index (χ1n) is 8.53. The number of amides is 3. The van der Waals surface area contributed by atoms with Gasteiger partial charge in [0.1, 0.15) is 12.1 Å². The highest BCUT2D eigenvalue weighted by molar-refractivity contribution is 6.22. The minimum Gasteiger partial charge on any atom is -0.480 e. The van der Waals surface area contributed by atoms with E-state index in [-0.39, 0.29) is 23.5 Å². The fourth-order valence-electron chi connectivity index (χ4n) is 3.50. The first kappa shape index (κ1) is 17.8. The van der Waals surface area contributed by atoms with E-state index in [9.17, 15) is 24.3 Å². The maximum absolute atomic E-state index is 13.1. The molecule has 0 bridgehead atoms. The Hall–Kier alpha value is -2.96. The number of hydrogen-bond donors (Lipinski definition) is 1. The zero-order valence-electron chi connectivity index (χ0n) is 14.6. The van der Waals surface area contributed by atoms with E-state index < -0.39 is 35.8 Å². The van der Waals surface area contributed by atoms with Gasteiger partial charge in [0.25, 0.3) is 17.7 Å². The third kappa shape index (κ3) is 2.79. The van der Waals surface area contributed by atoms with Crippen molar-refractivity contribution >= 4 is 23.7 Å². The zero-order valence-corrected chi connectivity index (χ0v) is 14.6. The number of rotatable bonds is 4. The zero-order chi connectivity index (χ0) is 19.0. The van der Waals surface area contributed by atoms with E-state index in [0.29, 0.717) is 6.42 Å². The van der Waals surface area contributed by atoms with E-state index in [4.69, 9.17) is 0 Å². The lowest BCUT2D eigenvalue weighted by Crippen LogP contribution is -2.54. The molecule has 1 N–H and O–H groups in total. The van der Waals surface area contributed by atoms with E-state index in [0.717, 1.165) is 9.80 Å². The fraction of sp³-hybridized carbons (Fsp3) is 0.368. The predicted octanol–water partition coefficient (Wildman–Crippen LogP) is 1.90. The predicted molar refractivity (Wildman–Crippen MR) is 92.2 cm³/mol. The van der Waals surface area contributed by atoms with Crippen molar-refractivity contribution in [2.45, 2.75) is 38.8 Å². The van der Waals surface area contributed by atoms with Gasteiger partial charge in [0.05, 0.1) is 11.1 Å². The molecule has 2 aliphatic rings. The van der Waals surface area contributed by atoms with E-state index in [2.05, 4.69) is 0 Å². The number of carbonyl (C=O) groups is 4. The number of benzene rings is 1. The van der Waals surface area contributed by atoms with E-state index in [1.165, 1.54) is 6.20 Å². The summed E-state index contributed by atoms with van der Waals surface area (Å²) in [5, 5.41) is 9.53. The monoisotopic (exact) mass is 356 g/mol. The van der Waals surface area contributed by atoms with Gasteiger partial charge in [0.2, 0.25) is 0 Å². The number of aliphatic carboxylic acids is 1. The van der Waals surface area contributed by atoms with Crippen LogP contribution in [-0.2, 0) is 9.59 Å². The molecule has 3 rings (SSSR count). The smallest absolute Gasteiger partial charge is 0.327 e. The largest absolute Gasteiger partial charge is 0.480 e. The second-order valence-corrected chi connectivity index (χ2v) is 6.78. The summed E-state index contributed by atoms with van der Waals surface area (Å²) in [7, 11) is 0. The summed E-state index contributed by atoms with van der Waals surface area (Å²) < 4.78 is 0. The summed E-state index contributed by atoms with van der Waals surface area (Å²) in [6.07, 6.45) is 3.89. The standard InChI is InChI=1S/C19H20N2O5/c1-11(2)15(19(25)26)20-10-6-5-9-14(18(20)24)21-16(22)12-7-3-4-8-13(12)17(21)23/h3-4,6-8,10-11,14-15H,5,9H2,1-2H3,(H,25,26)/t14-,15+/m0/s1. The van der Waals surface area contributed by atoms with Crippen molar-refractivity contribution in [3.05, 3.63) is 47.7 Å². The molecule has 7 heteroatoms. The van der Waals surface area contributed by atoms with Crippen LogP contribution in [0.15, 0.2) is 36.5 Å². The van der Waals surface area contributed by atoms with Crippen molar-refractivity contribution in [2.24, 2.45) is 5.92 Å². The van der Waals surface area contributed by atoms with Crippen LogP contribution in [0.3, 0.4) is 0 Å². The van der Waals surface area contributed by atoms with Crippen LogP contribution in [-0.4, -0.2) is 50.7 Å².